The molecule has 0 nitrogen and oxygen atoms in total. The zero-order valence-corrected chi connectivity index (χ0v) is 10.1. The fourth-order valence-electron chi connectivity index (χ4n) is 4.87. The molecule has 0 aromatic carbocycles. The Balaban J connectivity index is 1.60. The highest BCUT2D eigenvalue weighted by molar-refractivity contribution is 5.02. The van der Waals surface area contributed by atoms with Crippen LogP contribution in [0.5, 0.6) is 0 Å². The fraction of sp³-hybridized carbons (Fsp3) is 0.933. The third kappa shape index (κ3) is 1.85. The maximum absolute atomic E-state index is 2.72. The molecule has 0 saturated heterocycles. The van der Waals surface area contributed by atoms with E-state index in [-0.39, 0.29) is 0 Å². The van der Waals surface area contributed by atoms with Gasteiger partial charge in [-0.3, -0.25) is 0 Å². The van der Waals surface area contributed by atoms with Gasteiger partial charge in [0.1, 0.15) is 0 Å². The van der Waals surface area contributed by atoms with Crippen molar-refractivity contribution >= 4 is 0 Å². The standard InChI is InChI=1S/C15H25/c1-2-3-4-5-15-13-7-11-6-12(9-13)10-14(15)8-11/h5,11-15H,2-4,6-10H2,1H3. The molecule has 0 amide bonds. The summed E-state index contributed by atoms with van der Waals surface area (Å²) in [6, 6.07) is 0. The van der Waals surface area contributed by atoms with Gasteiger partial charge >= 0.3 is 0 Å². The molecule has 0 heterocycles. The molecule has 0 spiro atoms. The third-order valence-electron chi connectivity index (χ3n) is 5.30. The monoisotopic (exact) mass is 205 g/mol. The first-order valence-electron chi connectivity index (χ1n) is 7.20. The van der Waals surface area contributed by atoms with Crippen molar-refractivity contribution in [2.45, 2.75) is 58.3 Å². The summed E-state index contributed by atoms with van der Waals surface area (Å²) in [4.78, 5) is 0. The average Bonchev–Trinajstić information content (AvgIpc) is 2.21. The van der Waals surface area contributed by atoms with E-state index in [9.17, 15) is 0 Å². The molecule has 0 heteroatoms. The third-order valence-corrected chi connectivity index (χ3v) is 5.30. The highest BCUT2D eigenvalue weighted by atomic mass is 14.5. The van der Waals surface area contributed by atoms with Crippen molar-refractivity contribution < 1.29 is 0 Å². The van der Waals surface area contributed by atoms with E-state index in [1.54, 1.807) is 32.1 Å². The SMILES string of the molecule is CCCC[CH]C1C2CC3CC(C2)CC1C3. The second kappa shape index (κ2) is 4.11. The molecular formula is C15H25. The van der Waals surface area contributed by atoms with Crippen LogP contribution in [0.15, 0.2) is 0 Å². The number of rotatable bonds is 4. The van der Waals surface area contributed by atoms with Crippen LogP contribution in [-0.4, -0.2) is 0 Å². The summed E-state index contributed by atoms with van der Waals surface area (Å²) in [6.07, 6.45) is 14.8. The lowest BCUT2D eigenvalue weighted by atomic mass is 9.51. The highest BCUT2D eigenvalue weighted by Crippen LogP contribution is 2.57. The lowest BCUT2D eigenvalue weighted by Crippen LogP contribution is -2.45. The molecule has 4 fully saturated rings. The van der Waals surface area contributed by atoms with E-state index in [0.29, 0.717) is 0 Å². The summed E-state index contributed by atoms with van der Waals surface area (Å²) >= 11 is 0. The van der Waals surface area contributed by atoms with E-state index in [1.807, 2.05) is 0 Å². The molecule has 1 radical (unpaired) electrons. The molecule has 0 atom stereocenters. The van der Waals surface area contributed by atoms with Crippen LogP contribution in [0.25, 0.3) is 0 Å². The summed E-state index contributed by atoms with van der Waals surface area (Å²) in [7, 11) is 0. The van der Waals surface area contributed by atoms with Gasteiger partial charge in [0.25, 0.3) is 0 Å². The summed E-state index contributed by atoms with van der Waals surface area (Å²) < 4.78 is 0. The minimum Gasteiger partial charge on any atom is -0.0654 e. The number of unbranched alkanes of at least 4 members (excludes halogenated alkanes) is 2. The topological polar surface area (TPSA) is 0 Å². The van der Waals surface area contributed by atoms with Crippen LogP contribution in [0.4, 0.5) is 0 Å². The van der Waals surface area contributed by atoms with Crippen molar-refractivity contribution in [3.63, 3.8) is 0 Å². The Morgan fingerprint density at radius 2 is 1.53 bits per heavy atom. The van der Waals surface area contributed by atoms with Crippen LogP contribution in [-0.2, 0) is 0 Å². The maximum atomic E-state index is 2.72. The van der Waals surface area contributed by atoms with Gasteiger partial charge in [-0.1, -0.05) is 19.8 Å². The summed E-state index contributed by atoms with van der Waals surface area (Å²) in [5.41, 5.74) is 0. The predicted molar refractivity (Wildman–Crippen MR) is 64.4 cm³/mol. The smallest absolute Gasteiger partial charge is 0.0326 e. The molecule has 0 aliphatic heterocycles. The van der Waals surface area contributed by atoms with Crippen LogP contribution in [0.3, 0.4) is 0 Å². The van der Waals surface area contributed by atoms with Gasteiger partial charge < -0.3 is 0 Å². The van der Waals surface area contributed by atoms with Gasteiger partial charge in [0.2, 0.25) is 0 Å². The van der Waals surface area contributed by atoms with E-state index in [4.69, 9.17) is 0 Å². The van der Waals surface area contributed by atoms with Gasteiger partial charge in [0.15, 0.2) is 0 Å². The molecule has 0 aromatic heterocycles. The molecule has 0 unspecified atom stereocenters. The maximum Gasteiger partial charge on any atom is -0.0326 e. The molecule has 4 aliphatic carbocycles. The van der Waals surface area contributed by atoms with Gasteiger partial charge in [-0.25, -0.2) is 0 Å². The molecule has 4 bridgehead atoms. The van der Waals surface area contributed by atoms with Crippen LogP contribution in [0, 0.1) is 36.0 Å². The zero-order chi connectivity index (χ0) is 10.3. The zero-order valence-electron chi connectivity index (χ0n) is 10.1. The van der Waals surface area contributed by atoms with E-state index < -0.39 is 0 Å². The first-order valence-corrected chi connectivity index (χ1v) is 7.20. The van der Waals surface area contributed by atoms with Crippen LogP contribution < -0.4 is 0 Å². The molecule has 15 heavy (non-hydrogen) atoms. The Kier molecular flexibility index (Phi) is 2.79. The molecule has 0 N–H and O–H groups in total. The van der Waals surface area contributed by atoms with E-state index in [1.165, 1.54) is 19.3 Å². The normalized spacial score (nSPS) is 47.4. The number of hydrogen-bond acceptors (Lipinski definition) is 0. The van der Waals surface area contributed by atoms with Crippen molar-refractivity contribution in [1.82, 2.24) is 0 Å². The van der Waals surface area contributed by atoms with Crippen molar-refractivity contribution in [2.75, 3.05) is 0 Å². The second-order valence-corrected chi connectivity index (χ2v) is 6.39. The Hall–Kier alpha value is 0. The summed E-state index contributed by atoms with van der Waals surface area (Å²) in [5, 5.41) is 0. The largest absolute Gasteiger partial charge is 0.0654 e. The van der Waals surface area contributed by atoms with Crippen LogP contribution >= 0.6 is 0 Å². The first kappa shape index (κ1) is 10.2. The average molecular weight is 205 g/mol. The van der Waals surface area contributed by atoms with Crippen molar-refractivity contribution in [3.05, 3.63) is 6.42 Å². The van der Waals surface area contributed by atoms with Crippen LogP contribution in [0.2, 0.25) is 0 Å². The Morgan fingerprint density at radius 1 is 0.933 bits per heavy atom. The van der Waals surface area contributed by atoms with Crippen molar-refractivity contribution in [2.24, 2.45) is 29.6 Å². The van der Waals surface area contributed by atoms with Crippen molar-refractivity contribution in [1.29, 1.82) is 0 Å². The minimum atomic E-state index is 1.03. The van der Waals surface area contributed by atoms with Gasteiger partial charge in [0.05, 0.1) is 0 Å². The molecule has 85 valence electrons. The predicted octanol–water partition coefficient (Wildman–Crippen LogP) is 4.45. The van der Waals surface area contributed by atoms with E-state index >= 15 is 0 Å². The van der Waals surface area contributed by atoms with E-state index in [0.717, 1.165) is 29.6 Å². The quantitative estimate of drug-likeness (QED) is 0.595. The summed E-state index contributed by atoms with van der Waals surface area (Å²) in [6.45, 7) is 2.31. The molecule has 4 rings (SSSR count). The Labute approximate surface area is 94.8 Å². The molecule has 4 aliphatic rings. The minimum absolute atomic E-state index is 1.03. The molecule has 0 aromatic rings. The van der Waals surface area contributed by atoms with Crippen LogP contribution in [0.1, 0.15) is 58.3 Å². The van der Waals surface area contributed by atoms with E-state index in [2.05, 4.69) is 13.3 Å². The molecule has 4 saturated carbocycles. The Bertz CT molecular complexity index is 190. The van der Waals surface area contributed by atoms with Gasteiger partial charge in [-0.15, -0.1) is 0 Å². The fourth-order valence-corrected chi connectivity index (χ4v) is 4.87. The first-order chi connectivity index (χ1) is 7.36. The lowest BCUT2D eigenvalue weighted by molar-refractivity contribution is -0.0237. The highest BCUT2D eigenvalue weighted by Gasteiger charge is 2.47. The van der Waals surface area contributed by atoms with Gasteiger partial charge in [-0.2, -0.15) is 0 Å². The summed E-state index contributed by atoms with van der Waals surface area (Å²) in [5.74, 6) is 5.53. The van der Waals surface area contributed by atoms with Crippen molar-refractivity contribution in [3.8, 4) is 0 Å². The Morgan fingerprint density at radius 3 is 2.07 bits per heavy atom. The van der Waals surface area contributed by atoms with Gasteiger partial charge in [0, 0.05) is 0 Å². The second-order valence-electron chi connectivity index (χ2n) is 6.39. The van der Waals surface area contributed by atoms with Gasteiger partial charge in [-0.05, 0) is 74.5 Å². The number of hydrogen-bond donors (Lipinski definition) is 0. The lowest BCUT2D eigenvalue weighted by Gasteiger charge is -2.54. The molecular weight excluding hydrogens is 180 g/mol.